The van der Waals surface area contributed by atoms with E-state index in [9.17, 15) is 22.8 Å². The summed E-state index contributed by atoms with van der Waals surface area (Å²) in [6.45, 7) is 1.83. The number of carbonyl (C=O) groups is 1. The predicted molar refractivity (Wildman–Crippen MR) is 109 cm³/mol. The van der Waals surface area contributed by atoms with Crippen molar-refractivity contribution in [2.75, 3.05) is 20.2 Å². The molecule has 1 atom stereocenters. The van der Waals surface area contributed by atoms with Crippen LogP contribution in [-0.2, 0) is 21.4 Å². The minimum absolute atomic E-state index is 0.0326. The Hall–Kier alpha value is -2.92. The normalized spacial score (nSPS) is 17.5. The molecule has 1 aromatic carbocycles. The van der Waals surface area contributed by atoms with Crippen molar-refractivity contribution in [3.05, 3.63) is 56.4 Å². The first-order chi connectivity index (χ1) is 14.2. The van der Waals surface area contributed by atoms with Crippen LogP contribution in [0.15, 0.2) is 38.8 Å². The van der Waals surface area contributed by atoms with E-state index in [1.54, 1.807) is 19.2 Å². The molecular formula is C19H24N4O6S. The number of aromatic amines is 2. The summed E-state index contributed by atoms with van der Waals surface area (Å²) in [5.74, 6) is -0.0718. The van der Waals surface area contributed by atoms with E-state index in [4.69, 9.17) is 4.74 Å². The minimum Gasteiger partial charge on any atom is -0.497 e. The van der Waals surface area contributed by atoms with Crippen LogP contribution in [0.5, 0.6) is 5.75 Å². The van der Waals surface area contributed by atoms with Crippen molar-refractivity contribution in [2.24, 2.45) is 5.92 Å². The SMILES string of the molecule is COc1ccc(CNC(=O)C2CCCN(S(=O)(=O)c3c(C)[nH]c(=O)[nH]c3=O)C2)cc1. The van der Waals surface area contributed by atoms with Gasteiger partial charge < -0.3 is 15.0 Å². The molecule has 0 bridgehead atoms. The fourth-order valence-corrected chi connectivity index (χ4v) is 5.21. The molecule has 1 aliphatic rings. The number of H-pyrrole nitrogens is 2. The Balaban J connectivity index is 1.70. The number of nitrogens with one attached hydrogen (secondary N) is 3. The summed E-state index contributed by atoms with van der Waals surface area (Å²) >= 11 is 0. The van der Waals surface area contributed by atoms with Crippen LogP contribution in [0.3, 0.4) is 0 Å². The number of methoxy groups -OCH3 is 1. The number of sulfonamides is 1. The second-order valence-corrected chi connectivity index (χ2v) is 9.01. The van der Waals surface area contributed by atoms with Crippen molar-refractivity contribution in [1.29, 1.82) is 0 Å². The van der Waals surface area contributed by atoms with Gasteiger partial charge in [-0.1, -0.05) is 12.1 Å². The van der Waals surface area contributed by atoms with Gasteiger partial charge in [0.15, 0.2) is 4.90 Å². The van der Waals surface area contributed by atoms with Crippen LogP contribution < -0.4 is 21.3 Å². The van der Waals surface area contributed by atoms with Gasteiger partial charge in [0.1, 0.15) is 5.75 Å². The van der Waals surface area contributed by atoms with Crippen LogP contribution >= 0.6 is 0 Å². The molecule has 0 saturated carbocycles. The fourth-order valence-electron chi connectivity index (χ4n) is 3.48. The molecule has 1 fully saturated rings. The first-order valence-corrected chi connectivity index (χ1v) is 10.9. The summed E-state index contributed by atoms with van der Waals surface area (Å²) < 4.78 is 32.2. The van der Waals surface area contributed by atoms with E-state index in [0.29, 0.717) is 25.1 Å². The number of piperidine rings is 1. The summed E-state index contributed by atoms with van der Waals surface area (Å²) in [7, 11) is -2.58. The van der Waals surface area contributed by atoms with Gasteiger partial charge in [0.05, 0.1) is 13.0 Å². The largest absolute Gasteiger partial charge is 0.497 e. The summed E-state index contributed by atoms with van der Waals surface area (Å²) in [5, 5.41) is 2.83. The zero-order valence-electron chi connectivity index (χ0n) is 16.7. The maximum Gasteiger partial charge on any atom is 0.325 e. The van der Waals surface area contributed by atoms with E-state index >= 15 is 0 Å². The summed E-state index contributed by atoms with van der Waals surface area (Å²) in [4.78, 5) is 39.8. The van der Waals surface area contributed by atoms with Gasteiger partial charge >= 0.3 is 5.69 Å². The quantitative estimate of drug-likeness (QED) is 0.586. The molecule has 1 saturated heterocycles. The first kappa shape index (κ1) is 21.8. The number of aryl methyl sites for hydroxylation is 1. The number of carbonyl (C=O) groups excluding carboxylic acids is 1. The summed E-state index contributed by atoms with van der Waals surface area (Å²) in [6.07, 6.45) is 1.03. The molecule has 2 heterocycles. The average molecular weight is 436 g/mol. The smallest absolute Gasteiger partial charge is 0.325 e. The molecule has 3 N–H and O–H groups in total. The third-order valence-electron chi connectivity index (χ3n) is 5.05. The molecule has 0 radical (unpaired) electrons. The lowest BCUT2D eigenvalue weighted by Crippen LogP contribution is -2.46. The fraction of sp³-hybridized carbons (Fsp3) is 0.421. The Morgan fingerprint density at radius 2 is 1.93 bits per heavy atom. The monoisotopic (exact) mass is 436 g/mol. The van der Waals surface area contributed by atoms with Gasteiger partial charge in [-0.25, -0.2) is 13.2 Å². The van der Waals surface area contributed by atoms with Gasteiger partial charge in [0, 0.05) is 25.3 Å². The number of ether oxygens (including phenoxy) is 1. The topological polar surface area (TPSA) is 141 Å². The summed E-state index contributed by atoms with van der Waals surface area (Å²) in [5.41, 5.74) is -0.886. The van der Waals surface area contributed by atoms with Crippen LogP contribution in [0.4, 0.5) is 0 Å². The van der Waals surface area contributed by atoms with E-state index in [1.165, 1.54) is 6.92 Å². The highest BCUT2D eigenvalue weighted by atomic mass is 32.2. The number of benzene rings is 1. The molecule has 0 spiro atoms. The maximum atomic E-state index is 13.0. The standard InChI is InChI=1S/C19H24N4O6S/c1-12-16(18(25)22-19(26)21-12)30(27,28)23-9-3-4-14(11-23)17(24)20-10-13-5-7-15(29-2)8-6-13/h5-8,14H,3-4,9-11H2,1-2H3,(H,20,24)(H2,21,22,25,26). The van der Waals surface area contributed by atoms with Crippen LogP contribution in [-0.4, -0.2) is 48.8 Å². The lowest BCUT2D eigenvalue weighted by atomic mass is 9.99. The second kappa shape index (κ2) is 8.84. The Morgan fingerprint density at radius 3 is 2.57 bits per heavy atom. The zero-order chi connectivity index (χ0) is 21.9. The van der Waals surface area contributed by atoms with Crippen molar-refractivity contribution >= 4 is 15.9 Å². The minimum atomic E-state index is -4.16. The highest BCUT2D eigenvalue weighted by Crippen LogP contribution is 2.23. The lowest BCUT2D eigenvalue weighted by Gasteiger charge is -2.31. The molecule has 1 aliphatic heterocycles. The number of nitrogens with zero attached hydrogens (tertiary/aromatic N) is 1. The van der Waals surface area contributed by atoms with Crippen molar-refractivity contribution in [3.63, 3.8) is 0 Å². The van der Waals surface area contributed by atoms with E-state index in [0.717, 1.165) is 9.87 Å². The number of amides is 1. The first-order valence-electron chi connectivity index (χ1n) is 9.46. The van der Waals surface area contributed by atoms with Gasteiger partial charge in [-0.15, -0.1) is 0 Å². The van der Waals surface area contributed by atoms with E-state index in [1.807, 2.05) is 17.1 Å². The summed E-state index contributed by atoms with van der Waals surface area (Å²) in [6, 6.07) is 7.25. The van der Waals surface area contributed by atoms with E-state index in [-0.39, 0.29) is 24.7 Å². The molecule has 162 valence electrons. The number of aromatic nitrogens is 2. The second-order valence-electron chi connectivity index (χ2n) is 7.13. The molecule has 1 aromatic heterocycles. The van der Waals surface area contributed by atoms with Crippen molar-refractivity contribution in [1.82, 2.24) is 19.6 Å². The van der Waals surface area contributed by atoms with Gasteiger partial charge in [0.2, 0.25) is 15.9 Å². The molecule has 30 heavy (non-hydrogen) atoms. The third-order valence-corrected chi connectivity index (χ3v) is 7.07. The van der Waals surface area contributed by atoms with Crippen molar-refractivity contribution < 1.29 is 17.9 Å². The molecule has 10 nitrogen and oxygen atoms in total. The number of hydrogen-bond donors (Lipinski definition) is 3. The molecule has 1 amide bonds. The van der Waals surface area contributed by atoms with Crippen molar-refractivity contribution in [2.45, 2.75) is 31.2 Å². The third kappa shape index (κ3) is 4.62. The Kier molecular flexibility index (Phi) is 6.42. The molecular weight excluding hydrogens is 412 g/mol. The number of hydrogen-bond acceptors (Lipinski definition) is 6. The van der Waals surface area contributed by atoms with E-state index < -0.39 is 32.1 Å². The molecule has 2 aromatic rings. The van der Waals surface area contributed by atoms with Crippen molar-refractivity contribution in [3.8, 4) is 5.75 Å². The molecule has 11 heteroatoms. The van der Waals surface area contributed by atoms with Gasteiger partial charge in [0.25, 0.3) is 5.56 Å². The van der Waals surface area contributed by atoms with Gasteiger partial charge in [-0.3, -0.25) is 14.6 Å². The Labute approximate surface area is 173 Å². The highest BCUT2D eigenvalue weighted by molar-refractivity contribution is 7.89. The highest BCUT2D eigenvalue weighted by Gasteiger charge is 2.35. The maximum absolute atomic E-state index is 13.0. The van der Waals surface area contributed by atoms with Crippen LogP contribution in [0, 0.1) is 12.8 Å². The predicted octanol–water partition coefficient (Wildman–Crippen LogP) is 0.0973. The van der Waals surface area contributed by atoms with Crippen LogP contribution in [0.1, 0.15) is 24.1 Å². The van der Waals surface area contributed by atoms with Crippen LogP contribution in [0.2, 0.25) is 0 Å². The average Bonchev–Trinajstić information content (AvgIpc) is 2.71. The molecule has 3 rings (SSSR count). The Bertz CT molecular complexity index is 1140. The van der Waals surface area contributed by atoms with Gasteiger partial charge in [-0.05, 0) is 37.5 Å². The van der Waals surface area contributed by atoms with Gasteiger partial charge in [-0.2, -0.15) is 4.31 Å². The lowest BCUT2D eigenvalue weighted by molar-refractivity contribution is -0.126. The molecule has 0 aliphatic carbocycles. The molecule has 1 unspecified atom stereocenters. The zero-order valence-corrected chi connectivity index (χ0v) is 17.5. The Morgan fingerprint density at radius 1 is 1.23 bits per heavy atom. The van der Waals surface area contributed by atoms with Crippen LogP contribution in [0.25, 0.3) is 0 Å². The number of rotatable bonds is 6. The van der Waals surface area contributed by atoms with E-state index in [2.05, 4.69) is 10.3 Å².